The van der Waals surface area contributed by atoms with Gasteiger partial charge in [0.2, 0.25) is 0 Å². The molecule has 2 aromatic rings. The van der Waals surface area contributed by atoms with Crippen LogP contribution in [0.3, 0.4) is 0 Å². The fourth-order valence-electron chi connectivity index (χ4n) is 1.32. The third-order valence-electron chi connectivity index (χ3n) is 2.18. The minimum absolute atomic E-state index is 0.418. The lowest BCUT2D eigenvalue weighted by Crippen LogP contribution is -2.03. The summed E-state index contributed by atoms with van der Waals surface area (Å²) in [5.41, 5.74) is 0.527. The normalized spacial score (nSPS) is 10.3. The van der Waals surface area contributed by atoms with Gasteiger partial charge in [-0.15, -0.1) is 11.3 Å². The van der Waals surface area contributed by atoms with Gasteiger partial charge in [0, 0.05) is 11.0 Å². The van der Waals surface area contributed by atoms with Crippen molar-refractivity contribution in [2.45, 2.75) is 0 Å². The molecular formula is C14H8BrNO2S. The van der Waals surface area contributed by atoms with Gasteiger partial charge in [0.1, 0.15) is 5.75 Å². The average Bonchev–Trinajstić information content (AvgIpc) is 2.83. The zero-order chi connectivity index (χ0) is 13.7. The van der Waals surface area contributed by atoms with Crippen LogP contribution in [0.1, 0.15) is 10.4 Å². The first-order chi connectivity index (χ1) is 9.17. The fraction of sp³-hybridized carbons (Fsp3) is 0. The van der Waals surface area contributed by atoms with Crippen molar-refractivity contribution in [3.63, 3.8) is 0 Å². The third-order valence-corrected chi connectivity index (χ3v) is 3.77. The lowest BCUT2D eigenvalue weighted by molar-refractivity contribution is -0.128. The van der Waals surface area contributed by atoms with Crippen molar-refractivity contribution in [2.24, 2.45) is 0 Å². The number of nitriles is 1. The summed E-state index contributed by atoms with van der Waals surface area (Å²) in [6.07, 6.45) is 3.07. The molecular weight excluding hydrogens is 326 g/mol. The highest BCUT2D eigenvalue weighted by atomic mass is 79.9. The van der Waals surface area contributed by atoms with Crippen LogP contribution in [0.4, 0.5) is 0 Å². The van der Waals surface area contributed by atoms with Gasteiger partial charge in [-0.3, -0.25) is 0 Å². The number of hydrogen-bond donors (Lipinski definition) is 0. The Morgan fingerprint density at radius 1 is 1.26 bits per heavy atom. The lowest BCUT2D eigenvalue weighted by Gasteiger charge is -2.00. The molecule has 3 nitrogen and oxygen atoms in total. The minimum Gasteiger partial charge on any atom is -0.423 e. The molecule has 1 heterocycles. The van der Waals surface area contributed by atoms with Gasteiger partial charge in [-0.1, -0.05) is 0 Å². The van der Waals surface area contributed by atoms with Crippen LogP contribution in [0.5, 0.6) is 5.75 Å². The Morgan fingerprint density at radius 2 is 2.00 bits per heavy atom. The molecule has 0 aliphatic carbocycles. The van der Waals surface area contributed by atoms with Gasteiger partial charge >= 0.3 is 5.97 Å². The molecule has 0 aliphatic heterocycles. The molecule has 1 aromatic carbocycles. The van der Waals surface area contributed by atoms with E-state index in [2.05, 4.69) is 15.9 Å². The Kier molecular flexibility index (Phi) is 4.50. The highest BCUT2D eigenvalue weighted by Gasteiger charge is 2.01. The molecule has 0 unspecified atom stereocenters. The van der Waals surface area contributed by atoms with E-state index in [1.807, 2.05) is 18.2 Å². The molecule has 1 aromatic heterocycles. The SMILES string of the molecule is N#Cc1ccc(OC(=O)C=Cc2ccc(Br)s2)cc1. The standard InChI is InChI=1S/C14H8BrNO2S/c15-13-7-5-12(19-13)6-8-14(17)18-11-3-1-10(9-16)2-4-11/h1-8H. The molecule has 0 atom stereocenters. The second-order valence-corrected chi connectivity index (χ2v) is 6.03. The quantitative estimate of drug-likeness (QED) is 0.484. The number of benzene rings is 1. The summed E-state index contributed by atoms with van der Waals surface area (Å²) < 4.78 is 6.11. The average molecular weight is 334 g/mol. The number of rotatable bonds is 3. The molecule has 0 amide bonds. The summed E-state index contributed by atoms with van der Waals surface area (Å²) in [6.45, 7) is 0. The van der Waals surface area contributed by atoms with E-state index in [0.29, 0.717) is 11.3 Å². The second-order valence-electron chi connectivity index (χ2n) is 3.53. The molecule has 0 aliphatic rings. The van der Waals surface area contributed by atoms with E-state index in [1.165, 1.54) is 17.4 Å². The van der Waals surface area contributed by atoms with Gasteiger partial charge in [0.05, 0.1) is 15.4 Å². The van der Waals surface area contributed by atoms with Crippen LogP contribution < -0.4 is 4.74 Å². The smallest absolute Gasteiger partial charge is 0.336 e. The van der Waals surface area contributed by atoms with Crippen molar-refractivity contribution in [3.8, 4) is 11.8 Å². The van der Waals surface area contributed by atoms with Crippen LogP contribution in [0.15, 0.2) is 46.3 Å². The predicted octanol–water partition coefficient (Wildman–Crippen LogP) is 4.00. The number of ether oxygens (including phenoxy) is 1. The van der Waals surface area contributed by atoms with Gasteiger partial charge < -0.3 is 4.74 Å². The van der Waals surface area contributed by atoms with Gasteiger partial charge in [0.25, 0.3) is 0 Å². The highest BCUT2D eigenvalue weighted by Crippen LogP contribution is 2.23. The Balaban J connectivity index is 1.97. The number of nitrogens with zero attached hydrogens (tertiary/aromatic N) is 1. The molecule has 0 N–H and O–H groups in total. The molecule has 0 saturated carbocycles. The van der Waals surface area contributed by atoms with E-state index in [4.69, 9.17) is 10.00 Å². The van der Waals surface area contributed by atoms with E-state index in [9.17, 15) is 4.79 Å². The number of carbonyl (C=O) groups is 1. The molecule has 0 bridgehead atoms. The number of halogens is 1. The van der Waals surface area contributed by atoms with E-state index in [0.717, 1.165) is 8.66 Å². The van der Waals surface area contributed by atoms with Gasteiger partial charge in [-0.25, -0.2) is 4.79 Å². The zero-order valence-electron chi connectivity index (χ0n) is 9.67. The van der Waals surface area contributed by atoms with Crippen LogP contribution in [0.25, 0.3) is 6.08 Å². The first kappa shape index (κ1) is 13.5. The predicted molar refractivity (Wildman–Crippen MR) is 77.8 cm³/mol. The van der Waals surface area contributed by atoms with Crippen LogP contribution in [0.2, 0.25) is 0 Å². The number of hydrogen-bond acceptors (Lipinski definition) is 4. The Labute approximate surface area is 122 Å². The molecule has 0 fully saturated rings. The Bertz CT molecular complexity index is 653. The topological polar surface area (TPSA) is 50.1 Å². The van der Waals surface area contributed by atoms with Crippen LogP contribution in [0, 0.1) is 11.3 Å². The number of thiophene rings is 1. The van der Waals surface area contributed by atoms with Gasteiger partial charge in [0.15, 0.2) is 0 Å². The van der Waals surface area contributed by atoms with Crippen molar-refractivity contribution in [3.05, 3.63) is 56.7 Å². The molecule has 2 rings (SSSR count). The largest absolute Gasteiger partial charge is 0.423 e. The van der Waals surface area contributed by atoms with Crippen molar-refractivity contribution < 1.29 is 9.53 Å². The fourth-order valence-corrected chi connectivity index (χ4v) is 2.64. The third kappa shape index (κ3) is 4.05. The summed E-state index contributed by atoms with van der Waals surface area (Å²) in [5.74, 6) is -0.0322. The first-order valence-electron chi connectivity index (χ1n) is 5.33. The summed E-state index contributed by atoms with van der Waals surface area (Å²) >= 11 is 4.88. The van der Waals surface area contributed by atoms with Crippen molar-refractivity contribution >= 4 is 39.3 Å². The van der Waals surface area contributed by atoms with Crippen LogP contribution >= 0.6 is 27.3 Å². The van der Waals surface area contributed by atoms with Crippen LogP contribution in [-0.4, -0.2) is 5.97 Å². The molecule has 0 radical (unpaired) electrons. The zero-order valence-corrected chi connectivity index (χ0v) is 12.1. The summed E-state index contributed by atoms with van der Waals surface area (Å²) in [5, 5.41) is 8.65. The molecule has 19 heavy (non-hydrogen) atoms. The van der Waals surface area contributed by atoms with E-state index in [1.54, 1.807) is 30.3 Å². The summed E-state index contributed by atoms with van der Waals surface area (Å²) in [7, 11) is 0. The maximum absolute atomic E-state index is 11.6. The van der Waals surface area contributed by atoms with Crippen molar-refractivity contribution in [2.75, 3.05) is 0 Å². The molecule has 0 saturated heterocycles. The van der Waals surface area contributed by atoms with E-state index < -0.39 is 5.97 Å². The molecule has 94 valence electrons. The summed E-state index contributed by atoms with van der Waals surface area (Å²) in [6, 6.07) is 12.2. The molecule has 0 spiro atoms. The minimum atomic E-state index is -0.450. The van der Waals surface area contributed by atoms with Gasteiger partial charge in [-0.05, 0) is 58.4 Å². The maximum atomic E-state index is 11.6. The van der Waals surface area contributed by atoms with Crippen LogP contribution in [-0.2, 0) is 4.79 Å². The van der Waals surface area contributed by atoms with E-state index in [-0.39, 0.29) is 0 Å². The Morgan fingerprint density at radius 3 is 2.58 bits per heavy atom. The van der Waals surface area contributed by atoms with Gasteiger partial charge in [-0.2, -0.15) is 5.26 Å². The monoisotopic (exact) mass is 333 g/mol. The summed E-state index contributed by atoms with van der Waals surface area (Å²) in [4.78, 5) is 12.5. The molecule has 5 heteroatoms. The number of carbonyl (C=O) groups excluding carboxylic acids is 1. The first-order valence-corrected chi connectivity index (χ1v) is 6.94. The Hall–Kier alpha value is -1.90. The number of esters is 1. The van der Waals surface area contributed by atoms with Crippen molar-refractivity contribution in [1.82, 2.24) is 0 Å². The lowest BCUT2D eigenvalue weighted by atomic mass is 10.2. The second kappa shape index (κ2) is 6.32. The van der Waals surface area contributed by atoms with Crippen molar-refractivity contribution in [1.29, 1.82) is 5.26 Å². The highest BCUT2D eigenvalue weighted by molar-refractivity contribution is 9.11. The maximum Gasteiger partial charge on any atom is 0.336 e. The van der Waals surface area contributed by atoms with E-state index >= 15 is 0 Å².